The molecule has 1 aromatic heterocycles. The van der Waals surface area contributed by atoms with Crippen LogP contribution in [-0.2, 0) is 0 Å². The van der Waals surface area contributed by atoms with E-state index in [0.717, 1.165) is 34.2 Å². The SMILES string of the molecule is CC(NCC1CCCCC1C)c1cc2cc(Br)ccc2o1. The molecule has 1 saturated carbocycles. The van der Waals surface area contributed by atoms with E-state index in [9.17, 15) is 0 Å². The average Bonchev–Trinajstić information content (AvgIpc) is 2.89. The first-order valence-electron chi connectivity index (χ1n) is 8.06. The molecule has 0 bridgehead atoms. The molecule has 0 amide bonds. The molecule has 1 aliphatic rings. The van der Waals surface area contributed by atoms with Crippen LogP contribution in [0, 0.1) is 11.8 Å². The van der Waals surface area contributed by atoms with E-state index in [1.807, 2.05) is 12.1 Å². The second-order valence-corrected chi connectivity index (χ2v) is 7.40. The molecule has 114 valence electrons. The molecule has 0 spiro atoms. The maximum atomic E-state index is 5.97. The summed E-state index contributed by atoms with van der Waals surface area (Å²) >= 11 is 3.51. The van der Waals surface area contributed by atoms with E-state index in [1.165, 1.54) is 31.1 Å². The van der Waals surface area contributed by atoms with Crippen molar-refractivity contribution in [3.63, 3.8) is 0 Å². The Morgan fingerprint density at radius 2 is 2.10 bits per heavy atom. The Balaban J connectivity index is 1.64. The van der Waals surface area contributed by atoms with Crippen LogP contribution in [-0.4, -0.2) is 6.54 Å². The maximum Gasteiger partial charge on any atom is 0.134 e. The van der Waals surface area contributed by atoms with E-state index in [1.54, 1.807) is 0 Å². The number of fused-ring (bicyclic) bond motifs is 1. The van der Waals surface area contributed by atoms with Gasteiger partial charge in [-0.15, -0.1) is 0 Å². The fourth-order valence-electron chi connectivity index (χ4n) is 3.37. The average molecular weight is 350 g/mol. The topological polar surface area (TPSA) is 25.2 Å². The van der Waals surface area contributed by atoms with Crippen LogP contribution in [0.4, 0.5) is 0 Å². The monoisotopic (exact) mass is 349 g/mol. The predicted octanol–water partition coefficient (Wildman–Crippen LogP) is 5.67. The van der Waals surface area contributed by atoms with E-state index >= 15 is 0 Å². The van der Waals surface area contributed by atoms with Gasteiger partial charge in [0.2, 0.25) is 0 Å². The minimum atomic E-state index is 0.269. The predicted molar refractivity (Wildman–Crippen MR) is 91.5 cm³/mol. The van der Waals surface area contributed by atoms with E-state index in [2.05, 4.69) is 47.2 Å². The first kappa shape index (κ1) is 15.1. The van der Waals surface area contributed by atoms with Gasteiger partial charge in [0.25, 0.3) is 0 Å². The van der Waals surface area contributed by atoms with Crippen LogP contribution >= 0.6 is 15.9 Å². The fourth-order valence-corrected chi connectivity index (χ4v) is 3.75. The third kappa shape index (κ3) is 3.51. The van der Waals surface area contributed by atoms with Gasteiger partial charge in [-0.2, -0.15) is 0 Å². The number of halogens is 1. The van der Waals surface area contributed by atoms with Gasteiger partial charge < -0.3 is 9.73 Å². The van der Waals surface area contributed by atoms with Crippen molar-refractivity contribution in [2.45, 2.75) is 45.6 Å². The van der Waals surface area contributed by atoms with Gasteiger partial charge in [-0.1, -0.05) is 42.1 Å². The van der Waals surface area contributed by atoms with Gasteiger partial charge in [0.1, 0.15) is 11.3 Å². The quantitative estimate of drug-likeness (QED) is 0.768. The van der Waals surface area contributed by atoms with Crippen LogP contribution < -0.4 is 5.32 Å². The highest BCUT2D eigenvalue weighted by Crippen LogP contribution is 2.30. The molecule has 21 heavy (non-hydrogen) atoms. The summed E-state index contributed by atoms with van der Waals surface area (Å²) < 4.78 is 7.06. The van der Waals surface area contributed by atoms with Gasteiger partial charge in [-0.25, -0.2) is 0 Å². The van der Waals surface area contributed by atoms with E-state index in [4.69, 9.17) is 4.42 Å². The molecular formula is C18H24BrNO. The molecule has 3 rings (SSSR count). The largest absolute Gasteiger partial charge is 0.459 e. The van der Waals surface area contributed by atoms with E-state index < -0.39 is 0 Å². The number of furan rings is 1. The number of hydrogen-bond donors (Lipinski definition) is 1. The molecule has 1 heterocycles. The molecule has 1 aromatic carbocycles. The lowest BCUT2D eigenvalue weighted by Crippen LogP contribution is -2.30. The van der Waals surface area contributed by atoms with Gasteiger partial charge in [-0.3, -0.25) is 0 Å². The molecule has 0 saturated heterocycles. The van der Waals surface area contributed by atoms with Crippen LogP contribution in [0.5, 0.6) is 0 Å². The minimum Gasteiger partial charge on any atom is -0.459 e. The lowest BCUT2D eigenvalue weighted by atomic mass is 9.80. The van der Waals surface area contributed by atoms with Crippen molar-refractivity contribution in [3.05, 3.63) is 34.5 Å². The highest BCUT2D eigenvalue weighted by molar-refractivity contribution is 9.10. The smallest absolute Gasteiger partial charge is 0.134 e. The van der Waals surface area contributed by atoms with Crippen LogP contribution in [0.3, 0.4) is 0 Å². The summed E-state index contributed by atoms with van der Waals surface area (Å²) in [6, 6.07) is 8.58. The van der Waals surface area contributed by atoms with Crippen molar-refractivity contribution < 1.29 is 4.42 Å². The third-order valence-electron chi connectivity index (χ3n) is 4.90. The fraction of sp³-hybridized carbons (Fsp3) is 0.556. The van der Waals surface area contributed by atoms with Crippen LogP contribution in [0.25, 0.3) is 11.0 Å². The molecule has 3 heteroatoms. The van der Waals surface area contributed by atoms with Gasteiger partial charge in [0.05, 0.1) is 6.04 Å². The molecular weight excluding hydrogens is 326 g/mol. The molecule has 0 radical (unpaired) electrons. The third-order valence-corrected chi connectivity index (χ3v) is 5.39. The van der Waals surface area contributed by atoms with Gasteiger partial charge >= 0.3 is 0 Å². The van der Waals surface area contributed by atoms with E-state index in [-0.39, 0.29) is 6.04 Å². The van der Waals surface area contributed by atoms with Crippen molar-refractivity contribution in [1.29, 1.82) is 0 Å². The summed E-state index contributed by atoms with van der Waals surface area (Å²) in [6.45, 7) is 5.69. The number of nitrogens with one attached hydrogen (secondary N) is 1. The summed E-state index contributed by atoms with van der Waals surface area (Å²) in [5.41, 5.74) is 0.966. The van der Waals surface area contributed by atoms with E-state index in [0.29, 0.717) is 0 Å². The summed E-state index contributed by atoms with van der Waals surface area (Å²) in [6.07, 6.45) is 5.56. The van der Waals surface area contributed by atoms with Gasteiger partial charge in [0.15, 0.2) is 0 Å². The highest BCUT2D eigenvalue weighted by atomic mass is 79.9. The summed E-state index contributed by atoms with van der Waals surface area (Å²) in [7, 11) is 0. The summed E-state index contributed by atoms with van der Waals surface area (Å²) in [5, 5.41) is 4.83. The normalized spacial score (nSPS) is 24.3. The lowest BCUT2D eigenvalue weighted by Gasteiger charge is -2.29. The second kappa shape index (κ2) is 6.53. The molecule has 1 N–H and O–H groups in total. The zero-order valence-corrected chi connectivity index (χ0v) is 14.4. The van der Waals surface area contributed by atoms with Gasteiger partial charge in [-0.05, 0) is 56.0 Å². The molecule has 1 fully saturated rings. The van der Waals surface area contributed by atoms with Crippen LogP contribution in [0.1, 0.15) is 51.3 Å². The zero-order valence-electron chi connectivity index (χ0n) is 12.9. The zero-order chi connectivity index (χ0) is 14.8. The Labute approximate surface area is 135 Å². The Hall–Kier alpha value is -0.800. The number of rotatable bonds is 4. The molecule has 3 atom stereocenters. The van der Waals surface area contributed by atoms with Crippen molar-refractivity contribution in [2.24, 2.45) is 11.8 Å². The van der Waals surface area contributed by atoms with Crippen molar-refractivity contribution >= 4 is 26.9 Å². The summed E-state index contributed by atoms with van der Waals surface area (Å²) in [5.74, 6) is 2.70. The van der Waals surface area contributed by atoms with Crippen molar-refractivity contribution in [1.82, 2.24) is 5.32 Å². The molecule has 2 nitrogen and oxygen atoms in total. The second-order valence-electron chi connectivity index (χ2n) is 6.48. The Bertz CT molecular complexity index is 606. The maximum absolute atomic E-state index is 5.97. The first-order chi connectivity index (χ1) is 10.1. The van der Waals surface area contributed by atoms with Crippen LogP contribution in [0.2, 0.25) is 0 Å². The molecule has 2 aromatic rings. The Morgan fingerprint density at radius 3 is 2.90 bits per heavy atom. The van der Waals surface area contributed by atoms with Crippen molar-refractivity contribution in [2.75, 3.05) is 6.54 Å². The Kier molecular flexibility index (Phi) is 4.70. The number of hydrogen-bond acceptors (Lipinski definition) is 2. The van der Waals surface area contributed by atoms with Crippen LogP contribution in [0.15, 0.2) is 33.2 Å². The standard InChI is InChI=1S/C18H24BrNO/c1-12-5-3-4-6-14(12)11-20-13(2)18-10-15-9-16(19)7-8-17(15)21-18/h7-10,12-14,20H,3-6,11H2,1-2H3. The molecule has 1 aliphatic carbocycles. The first-order valence-corrected chi connectivity index (χ1v) is 8.85. The summed E-state index contributed by atoms with van der Waals surface area (Å²) in [4.78, 5) is 0. The van der Waals surface area contributed by atoms with Crippen molar-refractivity contribution in [3.8, 4) is 0 Å². The highest BCUT2D eigenvalue weighted by Gasteiger charge is 2.22. The molecule has 0 aliphatic heterocycles. The molecule has 3 unspecified atom stereocenters. The van der Waals surface area contributed by atoms with Gasteiger partial charge in [0, 0.05) is 9.86 Å². The minimum absolute atomic E-state index is 0.269. The lowest BCUT2D eigenvalue weighted by molar-refractivity contribution is 0.239. The Morgan fingerprint density at radius 1 is 1.29 bits per heavy atom. The number of benzene rings is 1.